The summed E-state index contributed by atoms with van der Waals surface area (Å²) in [4.78, 5) is 24.1. The molecule has 1 rings (SSSR count). The van der Waals surface area contributed by atoms with E-state index in [1.54, 1.807) is 6.26 Å². The SMILES string of the molecule is CSc1cc(C(=O)N(C)CCC(=O)O)ccc1F. The Bertz CT molecular complexity index is 465. The highest BCUT2D eigenvalue weighted by Crippen LogP contribution is 2.21. The van der Waals surface area contributed by atoms with Gasteiger partial charge in [0.15, 0.2) is 0 Å². The van der Waals surface area contributed by atoms with Crippen molar-refractivity contribution in [3.8, 4) is 0 Å². The number of carboxylic acid groups (broad SMARTS) is 1. The van der Waals surface area contributed by atoms with E-state index in [-0.39, 0.29) is 24.7 Å². The maximum Gasteiger partial charge on any atom is 0.305 e. The number of hydrogen-bond donors (Lipinski definition) is 1. The quantitative estimate of drug-likeness (QED) is 0.833. The first-order chi connectivity index (χ1) is 8.45. The molecule has 18 heavy (non-hydrogen) atoms. The molecule has 0 unspecified atom stereocenters. The molecule has 0 fully saturated rings. The second kappa shape index (κ2) is 6.39. The Morgan fingerprint density at radius 2 is 2.11 bits per heavy atom. The van der Waals surface area contributed by atoms with Gasteiger partial charge in [0, 0.05) is 24.1 Å². The highest BCUT2D eigenvalue weighted by atomic mass is 32.2. The Labute approximate surface area is 109 Å². The lowest BCUT2D eigenvalue weighted by molar-refractivity contribution is -0.137. The first-order valence-electron chi connectivity index (χ1n) is 5.26. The maximum absolute atomic E-state index is 13.3. The van der Waals surface area contributed by atoms with Crippen LogP contribution < -0.4 is 0 Å². The van der Waals surface area contributed by atoms with Gasteiger partial charge in [-0.2, -0.15) is 0 Å². The van der Waals surface area contributed by atoms with Gasteiger partial charge in [-0.25, -0.2) is 4.39 Å². The maximum atomic E-state index is 13.3. The number of benzene rings is 1. The number of carbonyl (C=O) groups excluding carboxylic acids is 1. The zero-order chi connectivity index (χ0) is 13.7. The minimum atomic E-state index is -0.960. The molecule has 0 heterocycles. The van der Waals surface area contributed by atoms with Gasteiger partial charge in [0.25, 0.3) is 5.91 Å². The number of aliphatic carboxylic acids is 1. The molecule has 0 atom stereocenters. The van der Waals surface area contributed by atoms with E-state index < -0.39 is 5.97 Å². The average molecular weight is 271 g/mol. The van der Waals surface area contributed by atoms with E-state index in [2.05, 4.69) is 0 Å². The van der Waals surface area contributed by atoms with Crippen LogP contribution in [0.3, 0.4) is 0 Å². The van der Waals surface area contributed by atoms with Crippen LogP contribution in [0.2, 0.25) is 0 Å². The monoisotopic (exact) mass is 271 g/mol. The minimum absolute atomic E-state index is 0.112. The van der Waals surface area contributed by atoms with Gasteiger partial charge in [0.2, 0.25) is 0 Å². The lowest BCUT2D eigenvalue weighted by atomic mass is 10.2. The zero-order valence-electron chi connectivity index (χ0n) is 10.1. The first kappa shape index (κ1) is 14.5. The molecule has 0 saturated heterocycles. The smallest absolute Gasteiger partial charge is 0.305 e. The predicted octanol–water partition coefficient (Wildman–Crippen LogP) is 2.09. The zero-order valence-corrected chi connectivity index (χ0v) is 11.0. The Morgan fingerprint density at radius 1 is 1.44 bits per heavy atom. The molecule has 0 aliphatic carbocycles. The standard InChI is InChI=1S/C12H14FNO3S/c1-14(6-5-11(15)16)12(17)8-3-4-9(13)10(7-8)18-2/h3-4,7H,5-6H2,1-2H3,(H,15,16). The van der Waals surface area contributed by atoms with Crippen molar-refractivity contribution in [3.63, 3.8) is 0 Å². The second-order valence-electron chi connectivity index (χ2n) is 3.72. The van der Waals surface area contributed by atoms with Crippen LogP contribution in [0.15, 0.2) is 23.1 Å². The van der Waals surface area contributed by atoms with Gasteiger partial charge in [-0.1, -0.05) is 0 Å². The molecular formula is C12H14FNO3S. The number of halogens is 1. The van der Waals surface area contributed by atoms with Crippen molar-refractivity contribution in [3.05, 3.63) is 29.6 Å². The molecule has 1 N–H and O–H groups in total. The van der Waals surface area contributed by atoms with Crippen LogP contribution in [0.5, 0.6) is 0 Å². The van der Waals surface area contributed by atoms with Crippen LogP contribution in [-0.4, -0.2) is 41.7 Å². The topological polar surface area (TPSA) is 57.6 Å². The largest absolute Gasteiger partial charge is 0.481 e. The van der Waals surface area contributed by atoms with E-state index in [4.69, 9.17) is 5.11 Å². The van der Waals surface area contributed by atoms with Gasteiger partial charge in [-0.3, -0.25) is 9.59 Å². The second-order valence-corrected chi connectivity index (χ2v) is 4.57. The fraction of sp³-hybridized carbons (Fsp3) is 0.333. The molecule has 1 aromatic rings. The number of thioether (sulfide) groups is 1. The third-order valence-corrected chi connectivity index (χ3v) is 3.16. The molecule has 0 saturated carbocycles. The summed E-state index contributed by atoms with van der Waals surface area (Å²) in [5, 5.41) is 8.54. The van der Waals surface area contributed by atoms with Crippen LogP contribution in [0.4, 0.5) is 4.39 Å². The van der Waals surface area contributed by atoms with E-state index in [1.807, 2.05) is 0 Å². The van der Waals surface area contributed by atoms with Crippen molar-refractivity contribution < 1.29 is 19.1 Å². The normalized spacial score (nSPS) is 10.2. The number of carbonyl (C=O) groups is 2. The Morgan fingerprint density at radius 3 is 2.67 bits per heavy atom. The highest BCUT2D eigenvalue weighted by Gasteiger charge is 2.14. The van der Waals surface area contributed by atoms with Gasteiger partial charge in [0.05, 0.1) is 6.42 Å². The van der Waals surface area contributed by atoms with Gasteiger partial charge in [-0.15, -0.1) is 11.8 Å². The van der Waals surface area contributed by atoms with Crippen molar-refractivity contribution >= 4 is 23.6 Å². The summed E-state index contributed by atoms with van der Waals surface area (Å²) in [6, 6.07) is 4.11. The summed E-state index contributed by atoms with van der Waals surface area (Å²) in [5.74, 6) is -1.64. The van der Waals surface area contributed by atoms with E-state index in [0.717, 1.165) is 0 Å². The van der Waals surface area contributed by atoms with Gasteiger partial charge < -0.3 is 10.0 Å². The van der Waals surface area contributed by atoms with Gasteiger partial charge in [-0.05, 0) is 24.5 Å². The molecule has 98 valence electrons. The highest BCUT2D eigenvalue weighted by molar-refractivity contribution is 7.98. The predicted molar refractivity (Wildman–Crippen MR) is 67.4 cm³/mol. The molecule has 0 aliphatic rings. The Hall–Kier alpha value is -1.56. The number of carboxylic acids is 1. The third kappa shape index (κ3) is 3.73. The van der Waals surface area contributed by atoms with Crippen LogP contribution >= 0.6 is 11.8 Å². The fourth-order valence-corrected chi connectivity index (χ4v) is 1.89. The molecule has 0 aromatic heterocycles. The summed E-state index contributed by atoms with van der Waals surface area (Å²) in [5.41, 5.74) is 0.355. The van der Waals surface area contributed by atoms with Gasteiger partial charge in [0.1, 0.15) is 5.82 Å². The lowest BCUT2D eigenvalue weighted by Gasteiger charge is -2.16. The fourth-order valence-electron chi connectivity index (χ4n) is 1.38. The van der Waals surface area contributed by atoms with Crippen molar-refractivity contribution in [1.29, 1.82) is 0 Å². The van der Waals surface area contributed by atoms with Crippen molar-refractivity contribution in [2.75, 3.05) is 19.8 Å². The van der Waals surface area contributed by atoms with E-state index in [1.165, 1.54) is 41.9 Å². The number of hydrogen-bond acceptors (Lipinski definition) is 3. The molecule has 6 heteroatoms. The van der Waals surface area contributed by atoms with Crippen molar-refractivity contribution in [2.45, 2.75) is 11.3 Å². The lowest BCUT2D eigenvalue weighted by Crippen LogP contribution is -2.29. The van der Waals surface area contributed by atoms with Crippen LogP contribution in [0.1, 0.15) is 16.8 Å². The summed E-state index contributed by atoms with van der Waals surface area (Å²) in [6.07, 6.45) is 1.61. The van der Waals surface area contributed by atoms with Crippen molar-refractivity contribution in [1.82, 2.24) is 4.90 Å². The Kier molecular flexibility index (Phi) is 5.15. The minimum Gasteiger partial charge on any atom is -0.481 e. The molecule has 0 aliphatic heterocycles. The van der Waals surface area contributed by atoms with Crippen LogP contribution in [-0.2, 0) is 4.79 Å². The number of nitrogens with zero attached hydrogens (tertiary/aromatic N) is 1. The molecule has 0 radical (unpaired) electrons. The summed E-state index contributed by atoms with van der Waals surface area (Å²) in [6.45, 7) is 0.125. The van der Waals surface area contributed by atoms with Crippen molar-refractivity contribution in [2.24, 2.45) is 0 Å². The Balaban J connectivity index is 2.80. The number of amides is 1. The average Bonchev–Trinajstić information content (AvgIpc) is 2.35. The number of rotatable bonds is 5. The molecule has 0 spiro atoms. The molecular weight excluding hydrogens is 257 g/mol. The summed E-state index contributed by atoms with van der Waals surface area (Å²) in [7, 11) is 1.52. The third-order valence-electron chi connectivity index (χ3n) is 2.41. The van der Waals surface area contributed by atoms with E-state index >= 15 is 0 Å². The van der Waals surface area contributed by atoms with E-state index in [0.29, 0.717) is 10.5 Å². The first-order valence-corrected chi connectivity index (χ1v) is 6.49. The molecule has 1 amide bonds. The molecule has 4 nitrogen and oxygen atoms in total. The molecule has 1 aromatic carbocycles. The summed E-state index contributed by atoms with van der Waals surface area (Å²) < 4.78 is 13.3. The van der Waals surface area contributed by atoms with E-state index in [9.17, 15) is 14.0 Å². The van der Waals surface area contributed by atoms with Gasteiger partial charge >= 0.3 is 5.97 Å². The summed E-state index contributed by atoms with van der Waals surface area (Å²) >= 11 is 1.22. The van der Waals surface area contributed by atoms with Crippen LogP contribution in [0.25, 0.3) is 0 Å². The molecule has 0 bridgehead atoms. The van der Waals surface area contributed by atoms with Crippen LogP contribution in [0, 0.1) is 5.82 Å².